The van der Waals surface area contributed by atoms with Crippen LogP contribution in [-0.4, -0.2) is 46.9 Å². The summed E-state index contributed by atoms with van der Waals surface area (Å²) in [6, 6.07) is 6.81. The van der Waals surface area contributed by atoms with E-state index in [0.29, 0.717) is 10.6 Å². The molecule has 2 rings (SSSR count). The predicted octanol–water partition coefficient (Wildman–Crippen LogP) is 0.0729. The maximum absolute atomic E-state index is 11.6. The number of Topliss-reactive ketones (excluding diaryl/α,β-unsaturated/α-hetero) is 1. The summed E-state index contributed by atoms with van der Waals surface area (Å²) in [6.07, 6.45) is -3.79. The van der Waals surface area contributed by atoms with Crippen LogP contribution in [0.4, 0.5) is 0 Å². The number of esters is 1. The van der Waals surface area contributed by atoms with Crippen molar-refractivity contribution in [3.63, 3.8) is 0 Å². The minimum Gasteiger partial charge on any atom is -0.450 e. The van der Waals surface area contributed by atoms with E-state index in [-0.39, 0.29) is 6.61 Å². The molecule has 0 saturated carbocycles. The van der Waals surface area contributed by atoms with Crippen LogP contribution in [0.2, 0.25) is 5.02 Å². The van der Waals surface area contributed by atoms with Crippen molar-refractivity contribution in [2.24, 2.45) is 0 Å². The third kappa shape index (κ3) is 3.16. The fourth-order valence-corrected chi connectivity index (χ4v) is 2.09. The second-order valence-corrected chi connectivity index (χ2v) is 4.78. The Morgan fingerprint density at radius 2 is 2.15 bits per heavy atom. The zero-order valence-corrected chi connectivity index (χ0v) is 11.1. The number of benzene rings is 1. The zero-order valence-electron chi connectivity index (χ0n) is 10.4. The van der Waals surface area contributed by atoms with Gasteiger partial charge >= 0.3 is 5.97 Å². The largest absolute Gasteiger partial charge is 0.450 e. The molecule has 1 heterocycles. The summed E-state index contributed by atoms with van der Waals surface area (Å²) < 4.78 is 10.0. The molecule has 2 N–H and O–H groups in total. The number of carbonyl (C=O) groups excluding carboxylic acids is 2. The van der Waals surface area contributed by atoms with E-state index in [9.17, 15) is 14.7 Å². The Hall–Kier alpha value is -1.47. The van der Waals surface area contributed by atoms with E-state index < -0.39 is 36.7 Å². The fourth-order valence-electron chi connectivity index (χ4n) is 1.88. The van der Waals surface area contributed by atoms with Crippen LogP contribution in [0.5, 0.6) is 0 Å². The molecule has 1 aromatic carbocycles. The van der Waals surface area contributed by atoms with Crippen molar-refractivity contribution in [1.82, 2.24) is 0 Å². The van der Waals surface area contributed by atoms with Crippen LogP contribution in [0, 0.1) is 0 Å². The summed E-state index contributed by atoms with van der Waals surface area (Å²) in [5, 5.41) is 18.9. The van der Waals surface area contributed by atoms with Crippen LogP contribution in [-0.2, 0) is 25.7 Å². The molecule has 0 radical (unpaired) electrons. The fraction of sp³-hybridized carbons (Fsp3) is 0.385. The molecule has 20 heavy (non-hydrogen) atoms. The van der Waals surface area contributed by atoms with Gasteiger partial charge in [-0.25, -0.2) is 4.79 Å². The number of aliphatic hydroxyl groups excluding tert-OH is 2. The van der Waals surface area contributed by atoms with Gasteiger partial charge in [0.15, 0.2) is 12.2 Å². The highest BCUT2D eigenvalue weighted by molar-refractivity contribution is 6.37. The first-order valence-corrected chi connectivity index (χ1v) is 6.30. The Bertz CT molecular complexity index is 517. The lowest BCUT2D eigenvalue weighted by atomic mass is 10.1. The minimum absolute atomic E-state index is 0.0300. The van der Waals surface area contributed by atoms with E-state index in [0.717, 1.165) is 0 Å². The van der Waals surface area contributed by atoms with E-state index in [2.05, 4.69) is 0 Å². The molecule has 0 aliphatic carbocycles. The van der Waals surface area contributed by atoms with Crippen LogP contribution in [0.25, 0.3) is 0 Å². The van der Waals surface area contributed by atoms with Crippen molar-refractivity contribution in [2.75, 3.05) is 6.61 Å². The van der Waals surface area contributed by atoms with Crippen molar-refractivity contribution in [3.8, 4) is 0 Å². The van der Waals surface area contributed by atoms with Crippen LogP contribution in [0.1, 0.15) is 5.56 Å². The lowest BCUT2D eigenvalue weighted by Crippen LogP contribution is -2.40. The van der Waals surface area contributed by atoms with Gasteiger partial charge in [0.05, 0.1) is 13.2 Å². The molecule has 1 aliphatic heterocycles. The van der Waals surface area contributed by atoms with Gasteiger partial charge in [-0.3, -0.25) is 4.79 Å². The molecule has 1 saturated heterocycles. The predicted molar refractivity (Wildman–Crippen MR) is 68.0 cm³/mol. The molecule has 0 amide bonds. The second-order valence-electron chi connectivity index (χ2n) is 4.35. The summed E-state index contributed by atoms with van der Waals surface area (Å²) in [5.74, 6) is -1.94. The van der Waals surface area contributed by atoms with Gasteiger partial charge < -0.3 is 19.7 Å². The minimum atomic E-state index is -1.37. The highest BCUT2D eigenvalue weighted by atomic mass is 35.5. The van der Waals surface area contributed by atoms with Gasteiger partial charge in [0.1, 0.15) is 6.10 Å². The number of ether oxygens (including phenoxy) is 2. The molecule has 1 aromatic rings. The van der Waals surface area contributed by atoms with E-state index in [1.54, 1.807) is 24.3 Å². The number of halogens is 1. The Balaban J connectivity index is 2.05. The smallest absolute Gasteiger partial charge is 0.378 e. The first-order valence-electron chi connectivity index (χ1n) is 5.92. The van der Waals surface area contributed by atoms with Crippen LogP contribution < -0.4 is 0 Å². The summed E-state index contributed by atoms with van der Waals surface area (Å²) in [7, 11) is 0. The molecule has 0 aromatic heterocycles. The molecule has 0 bridgehead atoms. The molecule has 1 fully saturated rings. The Morgan fingerprint density at radius 3 is 2.80 bits per heavy atom. The van der Waals surface area contributed by atoms with Gasteiger partial charge in [-0.15, -0.1) is 0 Å². The third-order valence-electron chi connectivity index (χ3n) is 2.89. The van der Waals surface area contributed by atoms with E-state index in [1.807, 2.05) is 0 Å². The van der Waals surface area contributed by atoms with Crippen molar-refractivity contribution in [1.29, 1.82) is 0 Å². The van der Waals surface area contributed by atoms with Gasteiger partial charge in [0.25, 0.3) is 5.78 Å². The number of ketones is 1. The normalized spacial score (nSPS) is 23.8. The van der Waals surface area contributed by atoms with Crippen molar-refractivity contribution >= 4 is 23.4 Å². The maximum Gasteiger partial charge on any atom is 0.378 e. The number of aliphatic hydroxyl groups is 2. The first-order chi connectivity index (χ1) is 9.52. The second kappa shape index (κ2) is 6.32. The molecule has 7 heteroatoms. The standard InChI is InChI=1S/C13H13ClO6/c14-8-3-1-2-7(4-8)6-19-12-10(17)13(18)20-11(12)9(16)5-15/h1-4,9,11-12,15-16H,5-6H2/t9-,11+,12?/m0/s1. The summed E-state index contributed by atoms with van der Waals surface area (Å²) in [5.41, 5.74) is 0.710. The molecule has 6 nitrogen and oxygen atoms in total. The first kappa shape index (κ1) is 14.9. The average molecular weight is 301 g/mol. The Kier molecular flexibility index (Phi) is 4.72. The monoisotopic (exact) mass is 300 g/mol. The van der Waals surface area contributed by atoms with Crippen LogP contribution in [0.15, 0.2) is 24.3 Å². The quantitative estimate of drug-likeness (QED) is 0.590. The highest BCUT2D eigenvalue weighted by Crippen LogP contribution is 2.21. The lowest BCUT2D eigenvalue weighted by molar-refractivity contribution is -0.152. The molecule has 3 atom stereocenters. The molecular formula is C13H13ClO6. The number of carbonyl (C=O) groups is 2. The molecular weight excluding hydrogens is 288 g/mol. The lowest BCUT2D eigenvalue weighted by Gasteiger charge is -2.20. The third-order valence-corrected chi connectivity index (χ3v) is 3.12. The van der Waals surface area contributed by atoms with Gasteiger partial charge in [0, 0.05) is 5.02 Å². The van der Waals surface area contributed by atoms with Gasteiger partial charge in [-0.05, 0) is 17.7 Å². The van der Waals surface area contributed by atoms with Crippen molar-refractivity contribution in [2.45, 2.75) is 24.9 Å². The summed E-state index contributed by atoms with van der Waals surface area (Å²) in [4.78, 5) is 22.8. The topological polar surface area (TPSA) is 93.1 Å². The molecule has 108 valence electrons. The van der Waals surface area contributed by atoms with E-state index in [4.69, 9.17) is 26.2 Å². The number of cyclic esters (lactones) is 1. The Morgan fingerprint density at radius 1 is 1.40 bits per heavy atom. The van der Waals surface area contributed by atoms with Crippen LogP contribution in [0.3, 0.4) is 0 Å². The SMILES string of the molecule is O=C1O[C@H]([C@@H](O)CO)C(OCc2cccc(Cl)c2)C1=O. The number of hydrogen-bond donors (Lipinski definition) is 2. The van der Waals surface area contributed by atoms with E-state index in [1.165, 1.54) is 0 Å². The zero-order chi connectivity index (χ0) is 14.7. The summed E-state index contributed by atoms with van der Waals surface area (Å²) >= 11 is 5.82. The van der Waals surface area contributed by atoms with E-state index >= 15 is 0 Å². The van der Waals surface area contributed by atoms with Crippen LogP contribution >= 0.6 is 11.6 Å². The number of hydrogen-bond acceptors (Lipinski definition) is 6. The maximum atomic E-state index is 11.6. The number of rotatable bonds is 5. The summed E-state index contributed by atoms with van der Waals surface area (Å²) in [6.45, 7) is -0.607. The molecule has 1 aliphatic rings. The highest BCUT2D eigenvalue weighted by Gasteiger charge is 2.47. The Labute approximate surface area is 119 Å². The van der Waals surface area contributed by atoms with Crippen molar-refractivity contribution in [3.05, 3.63) is 34.9 Å². The molecule has 0 spiro atoms. The molecule has 1 unspecified atom stereocenters. The van der Waals surface area contributed by atoms with Crippen molar-refractivity contribution < 1.29 is 29.3 Å². The van der Waals surface area contributed by atoms with Gasteiger partial charge in [-0.2, -0.15) is 0 Å². The van der Waals surface area contributed by atoms with Gasteiger partial charge in [-0.1, -0.05) is 23.7 Å². The average Bonchev–Trinajstić information content (AvgIpc) is 2.72. The van der Waals surface area contributed by atoms with Gasteiger partial charge in [0.2, 0.25) is 0 Å².